The number of nitrogens with two attached hydrogens (primary N) is 2. The smallest absolute Gasteiger partial charge is 0.218 e. The van der Waals surface area contributed by atoms with Crippen LogP contribution in [0.15, 0.2) is 0 Å². The molecule has 0 unspecified atom stereocenters. The standard InChI is InChI=1S/C11H22N4OS/c1-11(2,10(13)17)15-7-5-14(6-8-15)4-3-9(12)16/h3-8H2,1-2H3,(H2,12,16)(H2,13,17). The number of carbonyl (C=O) groups is 1. The fourth-order valence-corrected chi connectivity index (χ4v) is 2.08. The molecular weight excluding hydrogens is 236 g/mol. The van der Waals surface area contributed by atoms with Crippen LogP contribution < -0.4 is 11.5 Å². The third-order valence-electron chi connectivity index (χ3n) is 3.44. The molecule has 0 saturated carbocycles. The van der Waals surface area contributed by atoms with Crippen LogP contribution in [0.25, 0.3) is 0 Å². The minimum absolute atomic E-state index is 0.231. The highest BCUT2D eigenvalue weighted by Gasteiger charge is 2.32. The van der Waals surface area contributed by atoms with Crippen molar-refractivity contribution in [1.82, 2.24) is 9.80 Å². The van der Waals surface area contributed by atoms with E-state index in [9.17, 15) is 4.79 Å². The van der Waals surface area contributed by atoms with Crippen LogP contribution in [-0.2, 0) is 4.79 Å². The highest BCUT2D eigenvalue weighted by atomic mass is 32.1. The molecule has 1 heterocycles. The summed E-state index contributed by atoms with van der Waals surface area (Å²) in [6.07, 6.45) is 0.429. The number of hydrogen-bond acceptors (Lipinski definition) is 4. The predicted molar refractivity (Wildman–Crippen MR) is 72.7 cm³/mol. The van der Waals surface area contributed by atoms with Gasteiger partial charge in [-0.05, 0) is 13.8 Å². The second-order valence-corrected chi connectivity index (χ2v) is 5.41. The van der Waals surface area contributed by atoms with Crippen molar-refractivity contribution in [1.29, 1.82) is 0 Å². The summed E-state index contributed by atoms with van der Waals surface area (Å²) in [5.41, 5.74) is 10.7. The molecule has 1 aliphatic heterocycles. The molecule has 0 aromatic carbocycles. The molecule has 1 fully saturated rings. The van der Waals surface area contributed by atoms with E-state index >= 15 is 0 Å². The Balaban J connectivity index is 2.40. The third-order valence-corrected chi connectivity index (χ3v) is 3.94. The monoisotopic (exact) mass is 258 g/mol. The largest absolute Gasteiger partial charge is 0.392 e. The van der Waals surface area contributed by atoms with Gasteiger partial charge in [0.1, 0.15) is 0 Å². The zero-order chi connectivity index (χ0) is 13.1. The molecule has 4 N–H and O–H groups in total. The Kier molecular flexibility index (Phi) is 4.85. The first-order valence-corrected chi connectivity index (χ1v) is 6.30. The van der Waals surface area contributed by atoms with Crippen molar-refractivity contribution in [3.05, 3.63) is 0 Å². The van der Waals surface area contributed by atoms with Crippen LogP contribution in [0.4, 0.5) is 0 Å². The van der Waals surface area contributed by atoms with Crippen LogP contribution in [-0.4, -0.2) is 59.0 Å². The lowest BCUT2D eigenvalue weighted by Crippen LogP contribution is -2.59. The van der Waals surface area contributed by atoms with Gasteiger partial charge >= 0.3 is 0 Å². The molecule has 0 radical (unpaired) electrons. The maximum atomic E-state index is 10.7. The van der Waals surface area contributed by atoms with E-state index in [4.69, 9.17) is 23.7 Å². The van der Waals surface area contributed by atoms with Crippen molar-refractivity contribution in [2.75, 3.05) is 32.7 Å². The summed E-state index contributed by atoms with van der Waals surface area (Å²) in [6.45, 7) is 8.55. The van der Waals surface area contributed by atoms with Crippen LogP contribution in [0.1, 0.15) is 20.3 Å². The number of rotatable bonds is 5. The van der Waals surface area contributed by atoms with E-state index in [-0.39, 0.29) is 11.4 Å². The predicted octanol–water partition coefficient (Wildman–Crippen LogP) is -0.456. The van der Waals surface area contributed by atoms with E-state index in [2.05, 4.69) is 23.6 Å². The van der Waals surface area contributed by atoms with Crippen LogP contribution >= 0.6 is 12.2 Å². The zero-order valence-electron chi connectivity index (χ0n) is 10.6. The molecular formula is C11H22N4OS. The van der Waals surface area contributed by atoms with Crippen molar-refractivity contribution in [2.45, 2.75) is 25.8 Å². The fraction of sp³-hybridized carbons (Fsp3) is 0.818. The first kappa shape index (κ1) is 14.3. The van der Waals surface area contributed by atoms with Gasteiger partial charge in [-0.25, -0.2) is 0 Å². The van der Waals surface area contributed by atoms with E-state index in [1.807, 2.05) is 0 Å². The van der Waals surface area contributed by atoms with Crippen molar-refractivity contribution in [3.63, 3.8) is 0 Å². The summed E-state index contributed by atoms with van der Waals surface area (Å²) in [6, 6.07) is 0. The topological polar surface area (TPSA) is 75.6 Å². The molecule has 0 bridgehead atoms. The van der Waals surface area contributed by atoms with Gasteiger partial charge in [0.05, 0.1) is 10.5 Å². The molecule has 5 nitrogen and oxygen atoms in total. The quantitative estimate of drug-likeness (QED) is 0.653. The van der Waals surface area contributed by atoms with Gasteiger partial charge < -0.3 is 16.4 Å². The number of nitrogens with zero attached hydrogens (tertiary/aromatic N) is 2. The second-order valence-electron chi connectivity index (χ2n) is 4.97. The summed E-state index contributed by atoms with van der Waals surface area (Å²) in [7, 11) is 0. The van der Waals surface area contributed by atoms with Crippen LogP contribution in [0.5, 0.6) is 0 Å². The molecule has 0 aliphatic carbocycles. The number of amides is 1. The molecule has 0 spiro atoms. The molecule has 6 heteroatoms. The fourth-order valence-electron chi connectivity index (χ4n) is 1.95. The Hall–Kier alpha value is -0.720. The van der Waals surface area contributed by atoms with Crippen molar-refractivity contribution >= 4 is 23.1 Å². The summed E-state index contributed by atoms with van der Waals surface area (Å²) < 4.78 is 0. The minimum atomic E-state index is -0.240. The Morgan fingerprint density at radius 2 is 1.76 bits per heavy atom. The van der Waals surface area contributed by atoms with E-state index < -0.39 is 0 Å². The molecule has 1 amide bonds. The molecule has 0 aromatic heterocycles. The van der Waals surface area contributed by atoms with Crippen LogP contribution in [0.2, 0.25) is 0 Å². The van der Waals surface area contributed by atoms with Gasteiger partial charge in [0.2, 0.25) is 5.91 Å². The average molecular weight is 258 g/mol. The number of carbonyl (C=O) groups excluding carboxylic acids is 1. The molecule has 17 heavy (non-hydrogen) atoms. The highest BCUT2D eigenvalue weighted by molar-refractivity contribution is 7.80. The lowest BCUT2D eigenvalue weighted by atomic mass is 10.0. The second kappa shape index (κ2) is 5.75. The minimum Gasteiger partial charge on any atom is -0.392 e. The summed E-state index contributed by atoms with van der Waals surface area (Å²) in [5, 5.41) is 0. The zero-order valence-corrected chi connectivity index (χ0v) is 11.4. The lowest BCUT2D eigenvalue weighted by molar-refractivity contribution is -0.118. The SMILES string of the molecule is CC(C)(C(N)=S)N1CCN(CCC(N)=O)CC1. The number of thiocarbonyl (C=S) groups is 1. The van der Waals surface area contributed by atoms with Gasteiger partial charge in [-0.1, -0.05) is 12.2 Å². The molecule has 1 saturated heterocycles. The Bertz CT molecular complexity index is 298. The normalized spacial score (nSPS) is 19.2. The lowest BCUT2D eigenvalue weighted by Gasteiger charge is -2.43. The molecule has 1 rings (SSSR count). The average Bonchev–Trinajstić information content (AvgIpc) is 2.26. The number of hydrogen-bond donors (Lipinski definition) is 2. The Morgan fingerprint density at radius 1 is 1.24 bits per heavy atom. The van der Waals surface area contributed by atoms with E-state index in [1.54, 1.807) is 0 Å². The Morgan fingerprint density at radius 3 is 2.18 bits per heavy atom. The molecule has 0 atom stereocenters. The van der Waals surface area contributed by atoms with Gasteiger partial charge in [-0.2, -0.15) is 0 Å². The first-order chi connectivity index (χ1) is 7.84. The maximum Gasteiger partial charge on any atom is 0.218 e. The molecule has 98 valence electrons. The van der Waals surface area contributed by atoms with E-state index in [1.165, 1.54) is 0 Å². The highest BCUT2D eigenvalue weighted by Crippen LogP contribution is 2.17. The molecule has 1 aliphatic rings. The Labute approximate surface area is 108 Å². The van der Waals surface area contributed by atoms with Gasteiger partial charge in [0, 0.05) is 39.1 Å². The van der Waals surface area contributed by atoms with Gasteiger partial charge in [0.25, 0.3) is 0 Å². The van der Waals surface area contributed by atoms with E-state index in [0.29, 0.717) is 11.4 Å². The van der Waals surface area contributed by atoms with Crippen molar-refractivity contribution in [3.8, 4) is 0 Å². The molecule has 0 aromatic rings. The van der Waals surface area contributed by atoms with Crippen LogP contribution in [0.3, 0.4) is 0 Å². The van der Waals surface area contributed by atoms with Crippen molar-refractivity contribution < 1.29 is 4.79 Å². The summed E-state index contributed by atoms with van der Waals surface area (Å²) in [5.74, 6) is -0.240. The van der Waals surface area contributed by atoms with Crippen LogP contribution in [0, 0.1) is 0 Å². The van der Waals surface area contributed by atoms with Gasteiger partial charge in [-0.3, -0.25) is 9.69 Å². The van der Waals surface area contributed by atoms with Gasteiger partial charge in [0.15, 0.2) is 0 Å². The number of piperazine rings is 1. The summed E-state index contributed by atoms with van der Waals surface area (Å²) >= 11 is 5.09. The van der Waals surface area contributed by atoms with Crippen molar-refractivity contribution in [2.24, 2.45) is 11.5 Å². The number of primary amides is 1. The third kappa shape index (κ3) is 3.90. The van der Waals surface area contributed by atoms with Gasteiger partial charge in [-0.15, -0.1) is 0 Å². The maximum absolute atomic E-state index is 10.7. The summed E-state index contributed by atoms with van der Waals surface area (Å²) in [4.78, 5) is 15.8. The van der Waals surface area contributed by atoms with E-state index in [0.717, 1.165) is 32.7 Å². The first-order valence-electron chi connectivity index (χ1n) is 5.89.